The average Bonchev–Trinajstić information content (AvgIpc) is 0.816. The molecule has 0 saturated heterocycles. The van der Waals surface area contributed by atoms with Crippen molar-refractivity contribution < 1.29 is 9.68 Å². The average molecular weight is 1310 g/mol. The minimum absolute atomic E-state index is 0.125. The number of hydrogen-bond acceptors (Lipinski definition) is 2. The maximum Gasteiger partial charge on any atom is 0.569 e. The summed E-state index contributed by atoms with van der Waals surface area (Å²) in [6, 6.07) is 75.2. The van der Waals surface area contributed by atoms with Gasteiger partial charge in [0.2, 0.25) is 0 Å². The largest absolute Gasteiger partial charge is 0.569 e. The normalized spacial score (nSPS) is 12.1. The van der Waals surface area contributed by atoms with E-state index in [-0.39, 0.29) is 16.2 Å². The second kappa shape index (κ2) is 23.3. The first-order valence-electron chi connectivity index (χ1n) is 28.9. The van der Waals surface area contributed by atoms with Crippen molar-refractivity contribution in [3.63, 3.8) is 0 Å². The van der Waals surface area contributed by atoms with E-state index in [0.717, 1.165) is 14.5 Å². The zero-order valence-electron chi connectivity index (χ0n) is 49.5. The highest BCUT2D eigenvalue weighted by Gasteiger charge is 2.22. The molecule has 0 amide bonds. The van der Waals surface area contributed by atoms with Crippen LogP contribution in [0.2, 0.25) is 15.1 Å². The molecule has 0 spiro atoms. The van der Waals surface area contributed by atoms with E-state index < -0.39 is 0 Å². The maximum atomic E-state index is 8.21. The van der Waals surface area contributed by atoms with E-state index in [0.29, 0.717) is 18.5 Å². The van der Waals surface area contributed by atoms with Crippen molar-refractivity contribution in [2.24, 2.45) is 0 Å². The van der Waals surface area contributed by atoms with Gasteiger partial charge in [0.15, 0.2) is 0 Å². The van der Waals surface area contributed by atoms with Gasteiger partial charge in [-0.1, -0.05) is 281 Å². The molecule has 0 fully saturated rings. The minimum atomic E-state index is 0.125. The van der Waals surface area contributed by atoms with Crippen molar-refractivity contribution >= 4 is 171 Å². The van der Waals surface area contributed by atoms with E-state index in [2.05, 4.69) is 263 Å². The van der Waals surface area contributed by atoms with Crippen LogP contribution >= 0.6 is 66.7 Å². The van der Waals surface area contributed by atoms with Crippen molar-refractivity contribution in [1.82, 2.24) is 0 Å². The second-order valence-corrected chi connectivity index (χ2v) is 28.6. The molecule has 2 nitrogen and oxygen atoms in total. The van der Waals surface area contributed by atoms with E-state index in [1.54, 1.807) is 24.3 Å². The second-order valence-electron chi connectivity index (χ2n) is 25.6. The predicted octanol–water partition coefficient (Wildman–Crippen LogP) is 25.1. The van der Waals surface area contributed by atoms with E-state index >= 15 is 0 Å². The monoisotopic (exact) mass is 1310 g/mol. The van der Waals surface area contributed by atoms with Gasteiger partial charge in [-0.05, 0) is 213 Å². The van der Waals surface area contributed by atoms with Crippen molar-refractivity contribution in [3.8, 4) is 28.0 Å². The summed E-state index contributed by atoms with van der Waals surface area (Å²) >= 11 is 25.3. The quantitative estimate of drug-likeness (QED) is 0.141. The number of benzene rings is 15. The highest BCUT2D eigenvalue weighted by Crippen LogP contribution is 2.46. The van der Waals surface area contributed by atoms with Crippen LogP contribution in [0.1, 0.15) is 79.0 Å². The smallest absolute Gasteiger partial charge is 0.537 e. The molecule has 1 N–H and O–H groups in total. The Balaban J connectivity index is 0.000000118. The minimum Gasteiger partial charge on any atom is -0.537 e. The van der Waals surface area contributed by atoms with Crippen LogP contribution in [0.5, 0.6) is 5.75 Å². The summed E-state index contributed by atoms with van der Waals surface area (Å²) in [5.41, 5.74) is 9.45. The molecule has 0 saturated carbocycles. The summed E-state index contributed by atoms with van der Waals surface area (Å²) < 4.78 is 6.93. The lowest BCUT2D eigenvalue weighted by atomic mass is 9.83. The van der Waals surface area contributed by atoms with Crippen LogP contribution in [-0.2, 0) is 16.2 Å². The molecule has 0 bridgehead atoms. The molecule has 15 aromatic carbocycles. The Morgan fingerprint density at radius 2 is 0.628 bits per heavy atom. The van der Waals surface area contributed by atoms with Crippen molar-refractivity contribution in [1.29, 1.82) is 0 Å². The molecule has 0 heterocycles. The molecular weight excluding hydrogens is 1250 g/mol. The third-order valence-corrected chi connectivity index (χ3v) is 18.8. The number of hydrogen-bond donors (Lipinski definition) is 1. The lowest BCUT2D eigenvalue weighted by molar-refractivity contribution is 0.454. The maximum absolute atomic E-state index is 8.21. The topological polar surface area (TPSA) is 29.5 Å². The van der Waals surface area contributed by atoms with Crippen LogP contribution in [0.25, 0.3) is 119 Å². The first-order valence-corrected chi connectivity index (χ1v) is 31.7. The molecule has 425 valence electrons. The molecule has 0 aliphatic carbocycles. The van der Waals surface area contributed by atoms with Crippen LogP contribution < -0.4 is 4.65 Å². The van der Waals surface area contributed by atoms with Crippen LogP contribution in [0.3, 0.4) is 0 Å². The molecule has 0 atom stereocenters. The van der Waals surface area contributed by atoms with Gasteiger partial charge in [-0.15, -0.1) is 0 Å². The predicted molar refractivity (Wildman–Crippen MR) is 383 cm³/mol. The van der Waals surface area contributed by atoms with Crippen molar-refractivity contribution in [2.75, 3.05) is 0 Å². The zero-order chi connectivity index (χ0) is 60.6. The number of halogens is 5. The van der Waals surface area contributed by atoms with Gasteiger partial charge < -0.3 is 9.68 Å². The Labute approximate surface area is 536 Å². The summed E-state index contributed by atoms with van der Waals surface area (Å²) in [5, 5.41) is 34.2. The molecule has 0 aliphatic heterocycles. The third-order valence-electron chi connectivity index (χ3n) is 16.7. The van der Waals surface area contributed by atoms with E-state index in [1.165, 1.54) is 140 Å². The Morgan fingerprint density at radius 1 is 0.314 bits per heavy atom. The SMILES string of the molecule is CC(C)(C)c1cc2ccc3c(Br)cc(-c4ccc(Cl)cc4)c4ccc(c1)c2c34.CC(C)(C)c1cc2ccc3ccc(-c4ccc(Cl)cc4)c4ccc(c1)c2c34.CC(C)(C)c1cc2ccc3ccc(Br)c4ccc(c1)c2c34.O[B]Oc1ccc(Cl)cc1. The summed E-state index contributed by atoms with van der Waals surface area (Å²) in [5.74, 6) is 0.562. The van der Waals surface area contributed by atoms with E-state index in [9.17, 15) is 0 Å². The summed E-state index contributed by atoms with van der Waals surface area (Å²) in [6.45, 7) is 20.5. The lowest BCUT2D eigenvalue weighted by Gasteiger charge is -2.22. The molecule has 0 aromatic heterocycles. The molecule has 0 aliphatic rings. The first kappa shape index (κ1) is 59.4. The number of rotatable bonds is 4. The van der Waals surface area contributed by atoms with Gasteiger partial charge in [0.25, 0.3) is 0 Å². The van der Waals surface area contributed by atoms with Crippen LogP contribution in [0.15, 0.2) is 221 Å². The van der Waals surface area contributed by atoms with Gasteiger partial charge >= 0.3 is 7.69 Å². The Morgan fingerprint density at radius 3 is 1.05 bits per heavy atom. The van der Waals surface area contributed by atoms with E-state index in [1.807, 2.05) is 24.3 Å². The van der Waals surface area contributed by atoms with Gasteiger partial charge in [0.1, 0.15) is 5.75 Å². The van der Waals surface area contributed by atoms with Crippen LogP contribution in [0, 0.1) is 0 Å². The van der Waals surface area contributed by atoms with Crippen LogP contribution in [-0.4, -0.2) is 12.7 Å². The molecule has 8 heteroatoms. The molecule has 15 rings (SSSR count). The van der Waals surface area contributed by atoms with Gasteiger partial charge in [0.05, 0.1) is 0 Å². The molecule has 0 unspecified atom stereocenters. The Bertz CT molecular complexity index is 4930. The summed E-state index contributed by atoms with van der Waals surface area (Å²) in [4.78, 5) is 0. The molecule has 15 aromatic rings. The highest BCUT2D eigenvalue weighted by atomic mass is 79.9. The van der Waals surface area contributed by atoms with E-state index in [4.69, 9.17) is 39.8 Å². The highest BCUT2D eigenvalue weighted by molar-refractivity contribution is 9.11. The van der Waals surface area contributed by atoms with Gasteiger partial charge in [0, 0.05) is 24.0 Å². The Hall–Kier alpha value is -6.93. The fourth-order valence-corrected chi connectivity index (χ4v) is 13.5. The zero-order valence-corrected chi connectivity index (χ0v) is 55.0. The van der Waals surface area contributed by atoms with Crippen LogP contribution in [0.4, 0.5) is 0 Å². The first-order chi connectivity index (χ1) is 41.0. The van der Waals surface area contributed by atoms with Gasteiger partial charge in [-0.2, -0.15) is 0 Å². The standard InChI is InChI=1S/C26H20BrCl.C26H21Cl.C20H17Br.C6H5BClO2/c1-26(2,3)18-12-16-6-10-20-22(15-4-8-19(28)9-5-15)14-23(27)21-11-7-17(13-18)24(16)25(20)21;1-26(2,3)20-14-18-5-4-17-8-12-22(16-6-10-21(27)11-7-16)23-13-9-19(15-20)24(18)25(17)23;1-20(2,3)15-10-13-5-4-12-7-9-17(21)16-8-6-14(11-15)18(13)19(12)16;8-5-1-3-6(4-2-5)10-7-9/h4-14H,1-3H3;4-15H,1-3H3;4-11H,1-3H3;1-4,9H. The molecular formula is C78H63BBr2Cl3O2. The lowest BCUT2D eigenvalue weighted by Crippen LogP contribution is -2.10. The fourth-order valence-electron chi connectivity index (χ4n) is 12.1. The molecule has 86 heavy (non-hydrogen) atoms. The van der Waals surface area contributed by atoms with Crippen molar-refractivity contribution in [3.05, 3.63) is 253 Å². The van der Waals surface area contributed by atoms with Gasteiger partial charge in [-0.25, -0.2) is 0 Å². The summed E-state index contributed by atoms with van der Waals surface area (Å²) in [7, 11) is 0.628. The molecule has 1 radical (unpaired) electrons. The van der Waals surface area contributed by atoms with Gasteiger partial charge in [-0.3, -0.25) is 0 Å². The van der Waals surface area contributed by atoms with Crippen molar-refractivity contribution in [2.45, 2.75) is 78.6 Å². The fraction of sp³-hybridized carbons (Fsp3) is 0.154. The summed E-state index contributed by atoms with van der Waals surface area (Å²) in [6.07, 6.45) is 0. The third kappa shape index (κ3) is 11.6. The Kier molecular flexibility index (Phi) is 16.1.